The summed E-state index contributed by atoms with van der Waals surface area (Å²) in [5, 5.41) is 11.4. The zero-order chi connectivity index (χ0) is 11.7. The van der Waals surface area contributed by atoms with Gasteiger partial charge in [0.2, 0.25) is 0 Å². The Balaban J connectivity index is 1.82. The lowest BCUT2D eigenvalue weighted by Crippen LogP contribution is -2.43. The van der Waals surface area contributed by atoms with Crippen LogP contribution in [0, 0.1) is 0 Å². The number of nitrogens with zero attached hydrogens (tertiary/aromatic N) is 3. The van der Waals surface area contributed by atoms with E-state index in [0.29, 0.717) is 11.9 Å². The van der Waals surface area contributed by atoms with Crippen molar-refractivity contribution in [2.45, 2.75) is 0 Å². The van der Waals surface area contributed by atoms with Crippen LogP contribution < -0.4 is 10.2 Å². The van der Waals surface area contributed by atoms with Crippen molar-refractivity contribution in [2.24, 2.45) is 0 Å². The van der Waals surface area contributed by atoms with Crippen molar-refractivity contribution in [2.75, 3.05) is 31.1 Å². The molecule has 7 heteroatoms. The van der Waals surface area contributed by atoms with Gasteiger partial charge in [0.1, 0.15) is 0 Å². The van der Waals surface area contributed by atoms with Gasteiger partial charge >= 0.3 is 6.01 Å². The van der Waals surface area contributed by atoms with E-state index in [-0.39, 0.29) is 0 Å². The number of rotatable bonds is 2. The summed E-state index contributed by atoms with van der Waals surface area (Å²) in [5.74, 6) is 0.537. The minimum absolute atomic E-state index is 0.537. The van der Waals surface area contributed by atoms with Gasteiger partial charge in [0.05, 0.1) is 9.21 Å². The van der Waals surface area contributed by atoms with Crippen molar-refractivity contribution in [1.29, 1.82) is 0 Å². The average Bonchev–Trinajstić information content (AvgIpc) is 2.98. The molecule has 2 aromatic heterocycles. The zero-order valence-electron chi connectivity index (χ0n) is 9.02. The molecule has 3 rings (SSSR count). The predicted molar refractivity (Wildman–Crippen MR) is 67.7 cm³/mol. The fraction of sp³-hybridized carbons (Fsp3) is 0.400. The number of thiophene rings is 1. The number of nitrogens with one attached hydrogen (secondary N) is 1. The quantitative estimate of drug-likeness (QED) is 0.903. The highest BCUT2D eigenvalue weighted by Crippen LogP contribution is 2.31. The molecule has 0 amide bonds. The van der Waals surface area contributed by atoms with Crippen molar-refractivity contribution in [3.8, 4) is 10.8 Å². The molecule has 1 aliphatic rings. The van der Waals surface area contributed by atoms with E-state index in [9.17, 15) is 0 Å². The van der Waals surface area contributed by atoms with Gasteiger partial charge < -0.3 is 14.6 Å². The van der Waals surface area contributed by atoms with Crippen LogP contribution in [0.2, 0.25) is 4.34 Å². The second kappa shape index (κ2) is 4.64. The average molecular weight is 271 g/mol. The van der Waals surface area contributed by atoms with Crippen LogP contribution in [0.1, 0.15) is 0 Å². The van der Waals surface area contributed by atoms with Gasteiger partial charge in [0, 0.05) is 26.2 Å². The normalized spacial score (nSPS) is 16.4. The fourth-order valence-electron chi connectivity index (χ4n) is 1.73. The minimum Gasteiger partial charge on any atom is -0.402 e. The Hall–Kier alpha value is -1.11. The number of piperazine rings is 1. The number of anilines is 1. The van der Waals surface area contributed by atoms with E-state index < -0.39 is 0 Å². The smallest absolute Gasteiger partial charge is 0.318 e. The van der Waals surface area contributed by atoms with Crippen LogP contribution in [0.25, 0.3) is 10.8 Å². The number of halogens is 1. The predicted octanol–water partition coefficient (Wildman–Crippen LogP) is 1.86. The maximum absolute atomic E-state index is 5.88. The molecule has 1 saturated heterocycles. The van der Waals surface area contributed by atoms with E-state index in [0.717, 1.165) is 35.4 Å². The van der Waals surface area contributed by atoms with E-state index >= 15 is 0 Å². The van der Waals surface area contributed by atoms with Gasteiger partial charge in [0.15, 0.2) is 0 Å². The molecule has 0 aliphatic carbocycles. The first kappa shape index (κ1) is 11.0. The van der Waals surface area contributed by atoms with E-state index in [2.05, 4.69) is 20.4 Å². The SMILES string of the molecule is Clc1ccc(-c2nnc(N3CCNCC3)o2)s1. The van der Waals surface area contributed by atoms with Crippen LogP contribution in [0.15, 0.2) is 16.5 Å². The second-order valence-electron chi connectivity index (χ2n) is 3.73. The third kappa shape index (κ3) is 2.29. The molecule has 1 fully saturated rings. The van der Waals surface area contributed by atoms with Crippen LogP contribution in [-0.4, -0.2) is 36.4 Å². The highest BCUT2D eigenvalue weighted by atomic mass is 35.5. The van der Waals surface area contributed by atoms with Crippen molar-refractivity contribution in [3.63, 3.8) is 0 Å². The summed E-state index contributed by atoms with van der Waals surface area (Å²) in [7, 11) is 0. The Labute approximate surface area is 107 Å². The Morgan fingerprint density at radius 3 is 2.82 bits per heavy atom. The Morgan fingerprint density at radius 1 is 1.29 bits per heavy atom. The largest absolute Gasteiger partial charge is 0.402 e. The van der Waals surface area contributed by atoms with Crippen molar-refractivity contribution in [3.05, 3.63) is 16.5 Å². The first-order valence-corrected chi connectivity index (χ1v) is 6.57. The summed E-state index contributed by atoms with van der Waals surface area (Å²) in [6, 6.07) is 4.31. The molecule has 5 nitrogen and oxygen atoms in total. The molecule has 2 aromatic rings. The van der Waals surface area contributed by atoms with E-state index in [1.54, 1.807) is 0 Å². The van der Waals surface area contributed by atoms with Gasteiger partial charge in [-0.1, -0.05) is 16.7 Å². The van der Waals surface area contributed by atoms with Crippen LogP contribution >= 0.6 is 22.9 Å². The molecule has 0 saturated carbocycles. The molecule has 1 N–H and O–H groups in total. The minimum atomic E-state index is 0.537. The highest BCUT2D eigenvalue weighted by molar-refractivity contribution is 7.19. The summed E-state index contributed by atoms with van der Waals surface area (Å²) in [6.07, 6.45) is 0. The number of aromatic nitrogens is 2. The lowest BCUT2D eigenvalue weighted by atomic mass is 10.4. The van der Waals surface area contributed by atoms with E-state index in [4.69, 9.17) is 16.0 Å². The topological polar surface area (TPSA) is 54.2 Å². The molecule has 90 valence electrons. The maximum atomic E-state index is 5.88. The molecule has 3 heterocycles. The Kier molecular flexibility index (Phi) is 3.00. The van der Waals surface area contributed by atoms with Gasteiger partial charge in [-0.25, -0.2) is 0 Å². The Bertz CT molecular complexity index is 506. The van der Waals surface area contributed by atoms with Gasteiger partial charge in [-0.15, -0.1) is 16.4 Å². The number of hydrogen-bond acceptors (Lipinski definition) is 6. The third-order valence-corrected chi connectivity index (χ3v) is 3.80. The first-order chi connectivity index (χ1) is 8.33. The lowest BCUT2D eigenvalue weighted by molar-refractivity contribution is 0.506. The highest BCUT2D eigenvalue weighted by Gasteiger charge is 2.18. The summed E-state index contributed by atoms with van der Waals surface area (Å²) in [6.45, 7) is 3.69. The number of hydrogen-bond donors (Lipinski definition) is 1. The second-order valence-corrected chi connectivity index (χ2v) is 5.45. The third-order valence-electron chi connectivity index (χ3n) is 2.59. The molecule has 0 bridgehead atoms. The molecule has 0 atom stereocenters. The fourth-order valence-corrected chi connectivity index (χ4v) is 2.69. The van der Waals surface area contributed by atoms with Crippen LogP contribution in [0.4, 0.5) is 6.01 Å². The summed E-state index contributed by atoms with van der Waals surface area (Å²) in [5.41, 5.74) is 0. The summed E-state index contributed by atoms with van der Waals surface area (Å²) >= 11 is 7.31. The van der Waals surface area contributed by atoms with Gasteiger partial charge in [-0.3, -0.25) is 0 Å². The van der Waals surface area contributed by atoms with Crippen LogP contribution in [-0.2, 0) is 0 Å². The van der Waals surface area contributed by atoms with Gasteiger partial charge in [0.25, 0.3) is 5.89 Å². The summed E-state index contributed by atoms with van der Waals surface area (Å²) < 4.78 is 6.37. The standard InChI is InChI=1S/C10H11ClN4OS/c11-8-2-1-7(17-8)9-13-14-10(16-9)15-5-3-12-4-6-15/h1-2,12H,3-6H2. The van der Waals surface area contributed by atoms with Gasteiger partial charge in [-0.05, 0) is 12.1 Å². The summed E-state index contributed by atoms with van der Waals surface area (Å²) in [4.78, 5) is 2.99. The molecule has 0 unspecified atom stereocenters. The molecule has 17 heavy (non-hydrogen) atoms. The van der Waals surface area contributed by atoms with Crippen molar-refractivity contribution in [1.82, 2.24) is 15.5 Å². The molecular formula is C10H11ClN4OS. The lowest BCUT2D eigenvalue weighted by Gasteiger charge is -2.24. The van der Waals surface area contributed by atoms with Crippen LogP contribution in [0.3, 0.4) is 0 Å². The molecule has 0 radical (unpaired) electrons. The Morgan fingerprint density at radius 2 is 2.12 bits per heavy atom. The van der Waals surface area contributed by atoms with E-state index in [1.807, 2.05) is 12.1 Å². The van der Waals surface area contributed by atoms with E-state index in [1.165, 1.54) is 11.3 Å². The first-order valence-electron chi connectivity index (χ1n) is 5.38. The molecule has 0 spiro atoms. The molecule has 1 aliphatic heterocycles. The molecular weight excluding hydrogens is 260 g/mol. The monoisotopic (exact) mass is 270 g/mol. The maximum Gasteiger partial charge on any atom is 0.318 e. The zero-order valence-corrected chi connectivity index (χ0v) is 10.6. The van der Waals surface area contributed by atoms with Crippen molar-refractivity contribution >= 4 is 29.0 Å². The molecule has 0 aromatic carbocycles. The van der Waals surface area contributed by atoms with Gasteiger partial charge in [-0.2, -0.15) is 0 Å². The van der Waals surface area contributed by atoms with Crippen molar-refractivity contribution < 1.29 is 4.42 Å². The van der Waals surface area contributed by atoms with Crippen LogP contribution in [0.5, 0.6) is 0 Å².